The van der Waals surface area contributed by atoms with E-state index < -0.39 is 6.10 Å². The number of carbonyl (C=O) groups is 1. The van der Waals surface area contributed by atoms with Crippen molar-refractivity contribution in [3.8, 4) is 0 Å². The van der Waals surface area contributed by atoms with Crippen LogP contribution in [0.5, 0.6) is 0 Å². The van der Waals surface area contributed by atoms with E-state index in [1.54, 1.807) is 6.07 Å². The molecular weight excluding hydrogens is 314 g/mol. The monoisotopic (exact) mass is 339 g/mol. The molecule has 23 heavy (non-hydrogen) atoms. The van der Waals surface area contributed by atoms with Crippen molar-refractivity contribution in [3.05, 3.63) is 23.2 Å². The zero-order valence-corrected chi connectivity index (χ0v) is 14.8. The van der Waals surface area contributed by atoms with Crippen LogP contribution in [0.25, 0.3) is 0 Å². The molecule has 1 aromatic carbocycles. The van der Waals surface area contributed by atoms with E-state index in [-0.39, 0.29) is 18.0 Å². The molecule has 6 heteroatoms. The molecule has 1 aliphatic heterocycles. The molecule has 1 aliphatic rings. The first-order valence-corrected chi connectivity index (χ1v) is 8.42. The summed E-state index contributed by atoms with van der Waals surface area (Å²) in [6.45, 7) is 8.03. The van der Waals surface area contributed by atoms with Crippen molar-refractivity contribution >= 4 is 29.0 Å². The van der Waals surface area contributed by atoms with Crippen LogP contribution in [-0.4, -0.2) is 36.9 Å². The van der Waals surface area contributed by atoms with Crippen LogP contribution in [0.4, 0.5) is 16.2 Å². The van der Waals surface area contributed by atoms with E-state index in [0.29, 0.717) is 10.7 Å². The molecule has 0 spiro atoms. The van der Waals surface area contributed by atoms with E-state index in [4.69, 9.17) is 11.6 Å². The number of hydrogen-bond donors (Lipinski definition) is 3. The van der Waals surface area contributed by atoms with Gasteiger partial charge in [-0.25, -0.2) is 4.79 Å². The highest BCUT2D eigenvalue weighted by molar-refractivity contribution is 6.33. The largest absolute Gasteiger partial charge is 0.391 e. The molecule has 0 bridgehead atoms. The van der Waals surface area contributed by atoms with Gasteiger partial charge < -0.3 is 20.6 Å². The maximum atomic E-state index is 11.9. The number of aliphatic hydroxyl groups excluding tert-OH is 1. The topological polar surface area (TPSA) is 64.6 Å². The number of nitrogens with zero attached hydrogens (tertiary/aromatic N) is 1. The van der Waals surface area contributed by atoms with Crippen LogP contribution < -0.4 is 15.5 Å². The van der Waals surface area contributed by atoms with E-state index in [1.807, 2.05) is 32.9 Å². The fourth-order valence-electron chi connectivity index (χ4n) is 2.47. The van der Waals surface area contributed by atoms with Crippen LogP contribution in [0.15, 0.2) is 18.2 Å². The van der Waals surface area contributed by atoms with Gasteiger partial charge >= 0.3 is 6.03 Å². The third-order valence-corrected chi connectivity index (χ3v) is 4.41. The molecule has 5 nitrogen and oxygen atoms in total. The van der Waals surface area contributed by atoms with Crippen molar-refractivity contribution in [2.75, 3.05) is 29.9 Å². The standard InChI is InChI=1S/C17H26ClN3O2/c1-17(2,3)15(22)11-19-16(23)20-12-6-7-14(13(18)10-12)21-8-4-5-9-21/h6-7,10,15,22H,4-5,8-9,11H2,1-3H3,(H2,19,20,23). The number of anilines is 2. The maximum Gasteiger partial charge on any atom is 0.319 e. The highest BCUT2D eigenvalue weighted by Gasteiger charge is 2.22. The molecule has 128 valence electrons. The molecule has 1 atom stereocenters. The second kappa shape index (κ2) is 7.41. The minimum Gasteiger partial charge on any atom is -0.391 e. The van der Waals surface area contributed by atoms with E-state index >= 15 is 0 Å². The lowest BCUT2D eigenvalue weighted by Crippen LogP contribution is -2.40. The first-order valence-electron chi connectivity index (χ1n) is 8.05. The Bertz CT molecular complexity index is 551. The van der Waals surface area contributed by atoms with Crippen LogP contribution in [0.1, 0.15) is 33.6 Å². The predicted molar refractivity (Wildman–Crippen MR) is 95.4 cm³/mol. The average molecular weight is 340 g/mol. The minimum atomic E-state index is -0.602. The summed E-state index contributed by atoms with van der Waals surface area (Å²) in [5.41, 5.74) is 1.38. The number of urea groups is 1. The van der Waals surface area contributed by atoms with Gasteiger partial charge in [-0.1, -0.05) is 32.4 Å². The predicted octanol–water partition coefficient (Wildman–Crippen LogP) is 3.47. The molecule has 1 fully saturated rings. The van der Waals surface area contributed by atoms with Crippen molar-refractivity contribution < 1.29 is 9.90 Å². The van der Waals surface area contributed by atoms with Gasteiger partial charge in [-0.05, 0) is 36.5 Å². The first kappa shape index (κ1) is 17.9. The lowest BCUT2D eigenvalue weighted by molar-refractivity contribution is 0.0654. The molecule has 0 saturated carbocycles. The summed E-state index contributed by atoms with van der Waals surface area (Å²) in [7, 11) is 0. The van der Waals surface area contributed by atoms with E-state index in [2.05, 4.69) is 15.5 Å². The van der Waals surface area contributed by atoms with Crippen molar-refractivity contribution in [2.24, 2.45) is 5.41 Å². The summed E-state index contributed by atoms with van der Waals surface area (Å²) in [4.78, 5) is 14.2. The summed E-state index contributed by atoms with van der Waals surface area (Å²) in [6.07, 6.45) is 1.78. The van der Waals surface area contributed by atoms with Gasteiger partial charge in [0.1, 0.15) is 0 Å². The average Bonchev–Trinajstić information content (AvgIpc) is 2.97. The lowest BCUT2D eigenvalue weighted by Gasteiger charge is -2.26. The normalized spacial score (nSPS) is 16.3. The second-order valence-corrected chi connectivity index (χ2v) is 7.48. The van der Waals surface area contributed by atoms with E-state index in [9.17, 15) is 9.90 Å². The Morgan fingerprint density at radius 2 is 2.00 bits per heavy atom. The number of hydrogen-bond acceptors (Lipinski definition) is 3. The molecule has 1 heterocycles. The summed E-state index contributed by atoms with van der Waals surface area (Å²) < 4.78 is 0. The van der Waals surface area contributed by atoms with Crippen LogP contribution in [-0.2, 0) is 0 Å². The molecule has 2 amide bonds. The summed E-state index contributed by atoms with van der Waals surface area (Å²) in [5, 5.41) is 16.0. The number of carbonyl (C=O) groups excluding carboxylic acids is 1. The van der Waals surface area contributed by atoms with Gasteiger partial charge in [-0.2, -0.15) is 0 Å². The van der Waals surface area contributed by atoms with Crippen molar-refractivity contribution in [3.63, 3.8) is 0 Å². The van der Waals surface area contributed by atoms with Gasteiger partial charge in [-0.3, -0.25) is 0 Å². The first-order chi connectivity index (χ1) is 10.8. The molecule has 3 N–H and O–H groups in total. The summed E-state index contributed by atoms with van der Waals surface area (Å²) in [6, 6.07) is 5.19. The number of nitrogens with one attached hydrogen (secondary N) is 2. The quantitative estimate of drug-likeness (QED) is 0.787. The minimum absolute atomic E-state index is 0.203. The fraction of sp³-hybridized carbons (Fsp3) is 0.588. The van der Waals surface area contributed by atoms with Gasteiger partial charge in [0.25, 0.3) is 0 Å². The number of benzene rings is 1. The Labute approximate surface area is 143 Å². The number of aliphatic hydroxyl groups is 1. The summed E-state index contributed by atoms with van der Waals surface area (Å²) in [5.74, 6) is 0. The van der Waals surface area contributed by atoms with Crippen LogP contribution in [0.2, 0.25) is 5.02 Å². The Morgan fingerprint density at radius 3 is 2.57 bits per heavy atom. The Balaban J connectivity index is 1.90. The maximum absolute atomic E-state index is 11.9. The highest BCUT2D eigenvalue weighted by atomic mass is 35.5. The molecular formula is C17H26ClN3O2. The molecule has 0 radical (unpaired) electrons. The third kappa shape index (κ3) is 5.01. The smallest absolute Gasteiger partial charge is 0.319 e. The zero-order chi connectivity index (χ0) is 17.0. The van der Waals surface area contributed by atoms with Crippen molar-refractivity contribution in [2.45, 2.75) is 39.7 Å². The Kier molecular flexibility index (Phi) is 5.76. The molecule has 2 rings (SSSR count). The molecule has 0 aliphatic carbocycles. The highest BCUT2D eigenvalue weighted by Crippen LogP contribution is 2.31. The van der Waals surface area contributed by atoms with Crippen LogP contribution in [0, 0.1) is 5.41 Å². The molecule has 1 unspecified atom stereocenters. The third-order valence-electron chi connectivity index (χ3n) is 4.11. The zero-order valence-electron chi connectivity index (χ0n) is 14.0. The van der Waals surface area contributed by atoms with Crippen LogP contribution >= 0.6 is 11.6 Å². The number of halogens is 1. The van der Waals surface area contributed by atoms with Crippen molar-refractivity contribution in [1.29, 1.82) is 0 Å². The van der Waals surface area contributed by atoms with Gasteiger partial charge in [0.15, 0.2) is 0 Å². The van der Waals surface area contributed by atoms with Gasteiger partial charge in [0.05, 0.1) is 16.8 Å². The van der Waals surface area contributed by atoms with Gasteiger partial charge in [0, 0.05) is 25.3 Å². The SMILES string of the molecule is CC(C)(C)C(O)CNC(=O)Nc1ccc(N2CCCC2)c(Cl)c1. The molecule has 1 saturated heterocycles. The number of rotatable bonds is 4. The second-order valence-electron chi connectivity index (χ2n) is 7.08. The van der Waals surface area contributed by atoms with Crippen LogP contribution in [0.3, 0.4) is 0 Å². The number of amides is 2. The Morgan fingerprint density at radius 1 is 1.35 bits per heavy atom. The summed E-state index contributed by atoms with van der Waals surface area (Å²) >= 11 is 6.33. The lowest BCUT2D eigenvalue weighted by atomic mass is 9.89. The van der Waals surface area contributed by atoms with E-state index in [1.165, 1.54) is 12.8 Å². The molecule has 1 aromatic rings. The Hall–Kier alpha value is -1.46. The van der Waals surface area contributed by atoms with Gasteiger partial charge in [0.2, 0.25) is 0 Å². The molecule has 0 aromatic heterocycles. The fourth-order valence-corrected chi connectivity index (χ4v) is 2.77. The van der Waals surface area contributed by atoms with Gasteiger partial charge in [-0.15, -0.1) is 0 Å². The van der Waals surface area contributed by atoms with Crippen molar-refractivity contribution in [1.82, 2.24) is 5.32 Å². The van der Waals surface area contributed by atoms with E-state index in [0.717, 1.165) is 18.8 Å².